The lowest BCUT2D eigenvalue weighted by atomic mass is 9.96. The number of hydrogen-bond donors (Lipinski definition) is 3. The van der Waals surface area contributed by atoms with E-state index in [1.54, 1.807) is 42.5 Å². The third kappa shape index (κ3) is 7.14. The quantitative estimate of drug-likeness (QED) is 0.171. The monoisotopic (exact) mass is 592 g/mol. The molecule has 2 heterocycles. The molecule has 3 N–H and O–H groups in total. The molecule has 1 aliphatic rings. The zero-order chi connectivity index (χ0) is 30.7. The first kappa shape index (κ1) is 27.1. The summed E-state index contributed by atoms with van der Waals surface area (Å²) in [6.45, 7) is -0.426. The molecule has 1 aliphatic heterocycles. The van der Waals surface area contributed by atoms with E-state index in [1.165, 1.54) is 32.2 Å². The standard InChI is InChI=1S/C27H31N2O9PS/c1-18(24(32)35-15-19-9-5-3-6-10-19)17-39(34,38-20-11-7-4-8-12-20)36-16-21-23(31)27(2,33)25(37-21)29-14-13-22(30)28-26(29)40/h3-14,18,21,23,25,31,33H,15-17H2,1-2H3,(H,28,30,40)/t18-,21-,23+,25-,27?,39+/m1/s1/i16D2. The first-order valence-corrected chi connectivity index (χ1v) is 14.5. The number of nitrogens with zero attached hydrogens (tertiary/aromatic N) is 1. The van der Waals surface area contributed by atoms with Gasteiger partial charge in [0.1, 0.15) is 30.2 Å². The van der Waals surface area contributed by atoms with Crippen molar-refractivity contribution in [3.05, 3.63) is 93.6 Å². The summed E-state index contributed by atoms with van der Waals surface area (Å²) >= 11 is 5.14. The molecule has 0 bridgehead atoms. The van der Waals surface area contributed by atoms with Crippen molar-refractivity contribution in [1.82, 2.24) is 9.55 Å². The predicted octanol–water partition coefficient (Wildman–Crippen LogP) is 3.58. The first-order chi connectivity index (χ1) is 19.7. The van der Waals surface area contributed by atoms with Crippen LogP contribution in [0.2, 0.25) is 0 Å². The van der Waals surface area contributed by atoms with Crippen LogP contribution in [-0.4, -0.2) is 56.3 Å². The molecule has 1 fully saturated rings. The lowest BCUT2D eigenvalue weighted by molar-refractivity contribution is -0.148. The molecule has 214 valence electrons. The van der Waals surface area contributed by atoms with E-state index in [-0.39, 0.29) is 17.1 Å². The first-order valence-electron chi connectivity index (χ1n) is 13.3. The predicted molar refractivity (Wildman–Crippen MR) is 147 cm³/mol. The minimum absolute atomic E-state index is 0.0264. The summed E-state index contributed by atoms with van der Waals surface area (Å²) in [5, 5.41) is 22.0. The zero-order valence-corrected chi connectivity index (χ0v) is 23.4. The summed E-state index contributed by atoms with van der Waals surface area (Å²) in [6.07, 6.45) is -4.63. The molecule has 2 aromatic carbocycles. The number of ether oxygens (including phenoxy) is 2. The Labute approximate surface area is 238 Å². The van der Waals surface area contributed by atoms with Crippen molar-refractivity contribution < 1.29 is 40.8 Å². The van der Waals surface area contributed by atoms with Crippen LogP contribution in [-0.2, 0) is 30.0 Å². The van der Waals surface area contributed by atoms with E-state index in [1.807, 2.05) is 6.07 Å². The number of benzene rings is 2. The van der Waals surface area contributed by atoms with Gasteiger partial charge in [0, 0.05) is 12.3 Å². The zero-order valence-electron chi connectivity index (χ0n) is 23.7. The molecule has 13 heteroatoms. The Morgan fingerprint density at radius 1 is 1.23 bits per heavy atom. The smallest absolute Gasteiger partial charge is 0.380 e. The Bertz CT molecular complexity index is 1550. The number of carbonyl (C=O) groups is 1. The SMILES string of the molecule is [2H]C([2H])(O[P@@](=O)(C[C@@H](C)C(=O)OCc1ccccc1)Oc1ccccc1)[C@H]1O[C@@H](n2ccc(=O)[nH]c2=S)C(C)(O)[C@H]1O. The highest BCUT2D eigenvalue weighted by molar-refractivity contribution is 7.71. The van der Waals surface area contributed by atoms with Crippen LogP contribution in [0.1, 0.15) is 28.4 Å². The van der Waals surface area contributed by atoms with E-state index in [0.29, 0.717) is 0 Å². The van der Waals surface area contributed by atoms with Crippen molar-refractivity contribution in [2.75, 3.05) is 12.7 Å². The van der Waals surface area contributed by atoms with Gasteiger partial charge in [0.2, 0.25) is 0 Å². The topological polar surface area (TPSA) is 149 Å². The van der Waals surface area contributed by atoms with Gasteiger partial charge in [-0.3, -0.25) is 23.7 Å². The van der Waals surface area contributed by atoms with E-state index >= 15 is 0 Å². The highest BCUT2D eigenvalue weighted by atomic mass is 32.1. The molecule has 1 aromatic heterocycles. The van der Waals surface area contributed by atoms with E-state index in [2.05, 4.69) is 4.98 Å². The van der Waals surface area contributed by atoms with E-state index < -0.39 is 61.8 Å². The Kier molecular flexibility index (Phi) is 8.52. The molecule has 3 aromatic rings. The van der Waals surface area contributed by atoms with E-state index in [9.17, 15) is 24.4 Å². The second kappa shape index (κ2) is 12.6. The summed E-state index contributed by atoms with van der Waals surface area (Å²) in [5.41, 5.74) is -1.90. The molecule has 0 radical (unpaired) electrons. The van der Waals surface area contributed by atoms with Gasteiger partial charge in [-0.25, -0.2) is 4.57 Å². The normalized spacial score (nSPS) is 25.8. The maximum absolute atomic E-state index is 14.1. The molecule has 11 nitrogen and oxygen atoms in total. The average molecular weight is 593 g/mol. The van der Waals surface area contributed by atoms with Gasteiger partial charge in [-0.15, -0.1) is 0 Å². The lowest BCUT2D eigenvalue weighted by Crippen LogP contribution is -2.44. The molecule has 0 aliphatic carbocycles. The number of aromatic amines is 1. The van der Waals surface area contributed by atoms with Gasteiger partial charge in [0.25, 0.3) is 5.56 Å². The van der Waals surface area contributed by atoms with Crippen molar-refractivity contribution in [2.24, 2.45) is 5.92 Å². The van der Waals surface area contributed by atoms with E-state index in [4.69, 9.17) is 33.5 Å². The van der Waals surface area contributed by atoms with Crippen LogP contribution >= 0.6 is 19.8 Å². The van der Waals surface area contributed by atoms with Crippen LogP contribution in [0.3, 0.4) is 0 Å². The third-order valence-corrected chi connectivity index (χ3v) is 8.36. The van der Waals surface area contributed by atoms with Gasteiger partial charge >= 0.3 is 13.6 Å². The third-order valence-electron chi connectivity index (χ3n) is 6.18. The van der Waals surface area contributed by atoms with Crippen molar-refractivity contribution >= 4 is 25.8 Å². The molecule has 0 amide bonds. The number of hydrogen-bond acceptors (Lipinski definition) is 10. The second-order valence-corrected chi connectivity index (χ2v) is 11.8. The molecular formula is C27H31N2O9PS. The summed E-state index contributed by atoms with van der Waals surface area (Å²) in [7, 11) is -4.52. The maximum Gasteiger partial charge on any atom is 0.380 e. The fraction of sp³-hybridized carbons (Fsp3) is 0.370. The molecule has 0 spiro atoms. The van der Waals surface area contributed by atoms with Crippen LogP contribution in [0, 0.1) is 10.7 Å². The Balaban J connectivity index is 1.57. The number of aliphatic hydroxyl groups excluding tert-OH is 1. The van der Waals surface area contributed by atoms with Crippen LogP contribution in [0.25, 0.3) is 0 Å². The average Bonchev–Trinajstić information content (AvgIpc) is 3.17. The van der Waals surface area contributed by atoms with Crippen molar-refractivity contribution in [3.8, 4) is 5.75 Å². The van der Waals surface area contributed by atoms with Gasteiger partial charge in [-0.2, -0.15) is 0 Å². The van der Waals surface area contributed by atoms with Gasteiger partial charge in [-0.1, -0.05) is 55.5 Å². The number of nitrogens with one attached hydrogen (secondary N) is 1. The van der Waals surface area contributed by atoms with Gasteiger partial charge < -0.3 is 24.2 Å². The molecule has 0 saturated carbocycles. The Morgan fingerprint density at radius 3 is 2.52 bits per heavy atom. The largest absolute Gasteiger partial charge is 0.461 e. The van der Waals surface area contributed by atoms with Crippen LogP contribution < -0.4 is 10.1 Å². The summed E-state index contributed by atoms with van der Waals surface area (Å²) in [5.74, 6) is -1.69. The summed E-state index contributed by atoms with van der Waals surface area (Å²) in [6, 6.07) is 17.9. The molecule has 1 saturated heterocycles. The fourth-order valence-corrected chi connectivity index (χ4v) is 5.97. The lowest BCUT2D eigenvalue weighted by Gasteiger charge is -2.28. The van der Waals surface area contributed by atoms with Gasteiger partial charge in [-0.05, 0) is 36.8 Å². The number of rotatable bonds is 11. The van der Waals surface area contributed by atoms with Crippen molar-refractivity contribution in [2.45, 2.75) is 44.5 Å². The summed E-state index contributed by atoms with van der Waals surface area (Å²) in [4.78, 5) is 26.8. The van der Waals surface area contributed by atoms with Crippen LogP contribution in [0.5, 0.6) is 5.75 Å². The molecule has 1 unspecified atom stereocenters. The molecule has 40 heavy (non-hydrogen) atoms. The van der Waals surface area contributed by atoms with E-state index in [0.717, 1.165) is 16.2 Å². The fourth-order valence-electron chi connectivity index (χ4n) is 4.00. The number of para-hydroxylation sites is 1. The maximum atomic E-state index is 14.1. The van der Waals surface area contributed by atoms with Gasteiger partial charge in [0.15, 0.2) is 11.0 Å². The number of esters is 1. The second-order valence-electron chi connectivity index (χ2n) is 9.50. The molecule has 4 rings (SSSR count). The van der Waals surface area contributed by atoms with Crippen LogP contribution in [0.15, 0.2) is 77.7 Å². The molecular weight excluding hydrogens is 559 g/mol. The Hall–Kier alpha value is -3.12. The minimum atomic E-state index is -4.52. The van der Waals surface area contributed by atoms with Crippen molar-refractivity contribution in [3.63, 3.8) is 0 Å². The molecule has 6 atom stereocenters. The van der Waals surface area contributed by atoms with Gasteiger partial charge in [0.05, 0.1) is 21.4 Å². The number of aliphatic hydroxyl groups is 2. The van der Waals surface area contributed by atoms with Crippen molar-refractivity contribution in [1.29, 1.82) is 0 Å². The Morgan fingerprint density at radius 2 is 1.88 bits per heavy atom. The highest BCUT2D eigenvalue weighted by Gasteiger charge is 2.53. The number of carbonyl (C=O) groups excluding carboxylic acids is 1. The van der Waals surface area contributed by atoms with Crippen LogP contribution in [0.4, 0.5) is 0 Å². The minimum Gasteiger partial charge on any atom is -0.461 e. The number of H-pyrrole nitrogens is 1. The number of aromatic nitrogens is 2. The summed E-state index contributed by atoms with van der Waals surface area (Å²) < 4.78 is 54.5. The highest BCUT2D eigenvalue weighted by Crippen LogP contribution is 2.51.